The van der Waals surface area contributed by atoms with Crippen molar-refractivity contribution in [1.29, 1.82) is 0 Å². The second-order valence-corrected chi connectivity index (χ2v) is 26.1. The van der Waals surface area contributed by atoms with E-state index in [2.05, 4.69) is 164 Å². The average molecular weight is 619 g/mol. The number of hydrogen-bond donors (Lipinski definition) is 0. The first-order chi connectivity index (χ1) is 20.4. The van der Waals surface area contributed by atoms with E-state index in [1.165, 1.54) is 43.0 Å². The zero-order valence-electron chi connectivity index (χ0n) is 27.2. The van der Waals surface area contributed by atoms with E-state index in [0.717, 1.165) is 5.75 Å². The molecule has 1 aliphatic rings. The minimum Gasteiger partial charge on any atom is -0.490 e. The van der Waals surface area contributed by atoms with Crippen molar-refractivity contribution in [3.63, 3.8) is 0 Å². The van der Waals surface area contributed by atoms with Gasteiger partial charge < -0.3 is 4.74 Å². The summed E-state index contributed by atoms with van der Waals surface area (Å²) in [5.41, 5.74) is 4.57. The van der Waals surface area contributed by atoms with Gasteiger partial charge in [-0.25, -0.2) is 0 Å². The molecule has 0 heterocycles. The average Bonchev–Trinajstić information content (AvgIpc) is 3.37. The lowest BCUT2D eigenvalue weighted by Crippen LogP contribution is -2.55. The normalized spacial score (nSPS) is 15.3. The van der Waals surface area contributed by atoms with Gasteiger partial charge in [0.1, 0.15) is 12.4 Å². The Morgan fingerprint density at radius 1 is 0.791 bits per heavy atom. The SMILES string of the molecule is C=CCOc1c([Si](C)(C)C2C=C(P(c3ccccc3)c3ccccc3)c3ccccc32)cc(C)cc1[Si](C)(C)C(C)(C)C. The summed E-state index contributed by atoms with van der Waals surface area (Å²) in [6.45, 7) is 24.2. The second kappa shape index (κ2) is 12.2. The lowest BCUT2D eigenvalue weighted by molar-refractivity contribution is 0.368. The van der Waals surface area contributed by atoms with Crippen molar-refractivity contribution in [2.75, 3.05) is 6.61 Å². The molecule has 0 fully saturated rings. The molecule has 0 bridgehead atoms. The van der Waals surface area contributed by atoms with Gasteiger partial charge in [-0.05, 0) is 57.3 Å². The molecule has 4 aromatic carbocycles. The maximum absolute atomic E-state index is 6.74. The van der Waals surface area contributed by atoms with E-state index in [4.69, 9.17) is 4.74 Å². The molecule has 1 atom stereocenters. The van der Waals surface area contributed by atoms with Crippen molar-refractivity contribution in [2.45, 2.75) is 64.5 Å². The first-order valence-electron chi connectivity index (χ1n) is 15.5. The highest BCUT2D eigenvalue weighted by Gasteiger charge is 2.45. The van der Waals surface area contributed by atoms with Crippen LogP contribution in [-0.2, 0) is 0 Å². The monoisotopic (exact) mass is 618 g/mol. The summed E-state index contributed by atoms with van der Waals surface area (Å²) in [5.74, 6) is 1.14. The summed E-state index contributed by atoms with van der Waals surface area (Å²) >= 11 is 0. The second-order valence-electron chi connectivity index (χ2n) is 14.0. The van der Waals surface area contributed by atoms with E-state index in [1.807, 2.05) is 6.08 Å². The van der Waals surface area contributed by atoms with E-state index in [1.54, 1.807) is 0 Å². The van der Waals surface area contributed by atoms with E-state index in [0.29, 0.717) is 12.1 Å². The minimum atomic E-state index is -2.19. The summed E-state index contributed by atoms with van der Waals surface area (Å²) in [6, 6.07) is 36.3. The molecule has 0 saturated heterocycles. The number of fused-ring (bicyclic) bond motifs is 1. The van der Waals surface area contributed by atoms with Gasteiger partial charge in [0.2, 0.25) is 0 Å². The van der Waals surface area contributed by atoms with Gasteiger partial charge >= 0.3 is 0 Å². The molecule has 0 amide bonds. The van der Waals surface area contributed by atoms with Crippen molar-refractivity contribution >= 4 is 50.4 Å². The van der Waals surface area contributed by atoms with Crippen LogP contribution in [0.3, 0.4) is 0 Å². The van der Waals surface area contributed by atoms with Gasteiger partial charge in [-0.1, -0.05) is 168 Å². The largest absolute Gasteiger partial charge is 0.490 e. The molecular weight excluding hydrogens is 572 g/mol. The smallest absolute Gasteiger partial charge is 0.118 e. The third-order valence-electron chi connectivity index (χ3n) is 9.76. The van der Waals surface area contributed by atoms with Gasteiger partial charge in [-0.15, -0.1) is 0 Å². The topological polar surface area (TPSA) is 9.23 Å². The number of benzene rings is 4. The summed E-state index contributed by atoms with van der Waals surface area (Å²) in [4.78, 5) is 0. The van der Waals surface area contributed by atoms with Crippen LogP contribution in [0.5, 0.6) is 5.75 Å². The molecule has 5 rings (SSSR count). The number of hydrogen-bond acceptors (Lipinski definition) is 1. The Balaban J connectivity index is 1.74. The maximum atomic E-state index is 6.74. The van der Waals surface area contributed by atoms with Crippen molar-refractivity contribution < 1.29 is 4.74 Å². The standard InChI is InChI=1S/C39H47OPSi2/c1-10-25-40-38-36(26-29(2)27-37(38)43(8,9)39(3,4)5)42(6,7)35-28-34(32-23-17-18-24-33(32)35)41(30-19-13-11-14-20-30)31-21-15-12-16-22-31/h10-24,26-28,35H,1,25H2,2-9H3. The molecule has 4 aromatic rings. The van der Waals surface area contributed by atoms with Gasteiger partial charge in [0.15, 0.2) is 0 Å². The predicted molar refractivity (Wildman–Crippen MR) is 197 cm³/mol. The molecule has 43 heavy (non-hydrogen) atoms. The summed E-state index contributed by atoms with van der Waals surface area (Å²) in [6.07, 6.45) is 4.55. The first-order valence-corrected chi connectivity index (χ1v) is 22.9. The zero-order valence-corrected chi connectivity index (χ0v) is 30.1. The fraction of sp³-hybridized carbons (Fsp3) is 0.282. The maximum Gasteiger partial charge on any atom is 0.118 e. The Morgan fingerprint density at radius 3 is 1.88 bits per heavy atom. The molecule has 0 aromatic heterocycles. The molecule has 0 spiro atoms. The van der Waals surface area contributed by atoms with Crippen LogP contribution >= 0.6 is 7.92 Å². The fourth-order valence-electron chi connectivity index (χ4n) is 6.30. The Labute approximate surface area is 263 Å². The summed E-state index contributed by atoms with van der Waals surface area (Å²) in [7, 11) is -4.78. The van der Waals surface area contributed by atoms with E-state index >= 15 is 0 Å². The molecule has 4 heteroatoms. The highest BCUT2D eigenvalue weighted by Crippen LogP contribution is 2.56. The molecule has 0 aliphatic heterocycles. The molecule has 1 nitrogen and oxygen atoms in total. The van der Waals surface area contributed by atoms with E-state index < -0.39 is 24.1 Å². The van der Waals surface area contributed by atoms with Gasteiger partial charge in [-0.3, -0.25) is 0 Å². The third kappa shape index (κ3) is 5.92. The fourth-order valence-corrected chi connectivity index (χ4v) is 14.6. The minimum absolute atomic E-state index is 0.199. The van der Waals surface area contributed by atoms with Crippen LogP contribution in [0.4, 0.5) is 0 Å². The number of rotatable bonds is 9. The van der Waals surface area contributed by atoms with Gasteiger partial charge in [-0.2, -0.15) is 0 Å². The van der Waals surface area contributed by atoms with E-state index in [-0.39, 0.29) is 5.04 Å². The Bertz CT molecular complexity index is 1590. The number of allylic oxidation sites excluding steroid dienone is 1. The summed E-state index contributed by atoms with van der Waals surface area (Å²) < 4.78 is 6.74. The van der Waals surface area contributed by atoms with Crippen LogP contribution in [0.15, 0.2) is 116 Å². The lowest BCUT2D eigenvalue weighted by Gasteiger charge is -2.40. The highest BCUT2D eigenvalue weighted by molar-refractivity contribution is 7.82. The predicted octanol–water partition coefficient (Wildman–Crippen LogP) is 9.00. The van der Waals surface area contributed by atoms with Crippen LogP contribution in [0.2, 0.25) is 31.2 Å². The van der Waals surface area contributed by atoms with Gasteiger partial charge in [0.25, 0.3) is 0 Å². The zero-order chi connectivity index (χ0) is 31.0. The van der Waals surface area contributed by atoms with Crippen LogP contribution in [0.1, 0.15) is 43.0 Å². The molecule has 0 radical (unpaired) electrons. The molecule has 1 unspecified atom stereocenters. The Morgan fingerprint density at radius 2 is 1.33 bits per heavy atom. The Hall–Kier alpha value is -2.98. The van der Waals surface area contributed by atoms with Crippen LogP contribution in [0.25, 0.3) is 5.31 Å². The van der Waals surface area contributed by atoms with Crippen LogP contribution < -0.4 is 25.7 Å². The van der Waals surface area contributed by atoms with Crippen molar-refractivity contribution in [2.24, 2.45) is 0 Å². The van der Waals surface area contributed by atoms with Crippen molar-refractivity contribution in [3.8, 4) is 5.75 Å². The molecule has 0 N–H and O–H groups in total. The van der Waals surface area contributed by atoms with Crippen LogP contribution in [0, 0.1) is 6.92 Å². The number of ether oxygens (including phenoxy) is 1. The van der Waals surface area contributed by atoms with Gasteiger partial charge in [0, 0.05) is 5.54 Å². The molecule has 1 aliphatic carbocycles. The lowest BCUT2D eigenvalue weighted by atomic mass is 10.1. The molecule has 222 valence electrons. The van der Waals surface area contributed by atoms with Crippen molar-refractivity contribution in [1.82, 2.24) is 0 Å². The third-order valence-corrected chi connectivity index (χ3v) is 21.5. The molecular formula is C39H47OPSi2. The molecule has 0 saturated carbocycles. The van der Waals surface area contributed by atoms with Gasteiger partial charge in [0.05, 0.1) is 16.1 Å². The van der Waals surface area contributed by atoms with Crippen LogP contribution in [-0.4, -0.2) is 22.8 Å². The Kier molecular flexibility index (Phi) is 8.92. The van der Waals surface area contributed by atoms with Crippen molar-refractivity contribution in [3.05, 3.63) is 132 Å². The number of aryl methyl sites for hydroxylation is 1. The summed E-state index contributed by atoms with van der Waals surface area (Å²) in [5, 5.41) is 7.37. The quantitative estimate of drug-likeness (QED) is 0.103. The highest BCUT2D eigenvalue weighted by atomic mass is 31.1. The van der Waals surface area contributed by atoms with E-state index in [9.17, 15) is 0 Å². The first kappa shape index (κ1) is 31.4.